The highest BCUT2D eigenvalue weighted by atomic mass is 32.1. The van der Waals surface area contributed by atoms with Gasteiger partial charge in [-0.15, -0.1) is 0 Å². The number of morpholine rings is 1. The van der Waals surface area contributed by atoms with Crippen molar-refractivity contribution in [3.8, 4) is 0 Å². The smallest absolute Gasteiger partial charge is 0.284 e. The van der Waals surface area contributed by atoms with Gasteiger partial charge in [-0.1, -0.05) is 12.1 Å². The number of nitrogens with one attached hydrogen (secondary N) is 3. The summed E-state index contributed by atoms with van der Waals surface area (Å²) in [6.45, 7) is 5.75. The number of carbonyl (C=O) groups excluding carboxylic acids is 4. The maximum absolute atomic E-state index is 14.3. The Morgan fingerprint density at radius 3 is 2.56 bits per heavy atom. The molecule has 5 fully saturated rings. The molecule has 2 bridgehead atoms. The minimum atomic E-state index is -2.87. The Balaban J connectivity index is 0.699. The molecular formula is C41H46F2N12O5S. The Labute approximate surface area is 352 Å². The van der Waals surface area contributed by atoms with E-state index in [1.54, 1.807) is 10.9 Å². The third-order valence-electron chi connectivity index (χ3n) is 12.9. The molecule has 3 N–H and O–H groups in total. The van der Waals surface area contributed by atoms with Gasteiger partial charge in [0.1, 0.15) is 11.4 Å². The molecule has 320 valence electrons. The molecule has 17 nitrogen and oxygen atoms in total. The maximum atomic E-state index is 14.3. The van der Waals surface area contributed by atoms with Gasteiger partial charge in [-0.2, -0.15) is 14.6 Å². The van der Waals surface area contributed by atoms with Crippen LogP contribution >= 0.6 is 11.5 Å². The molecule has 4 aliphatic heterocycles. The highest BCUT2D eigenvalue weighted by Gasteiger charge is 2.40. The molecule has 1 aromatic carbocycles. The number of amides is 4. The molecule has 61 heavy (non-hydrogen) atoms. The summed E-state index contributed by atoms with van der Waals surface area (Å²) in [5, 5.41) is 17.5. The molecule has 0 unspecified atom stereocenters. The Kier molecular flexibility index (Phi) is 10.7. The number of alkyl halides is 2. The van der Waals surface area contributed by atoms with Crippen LogP contribution in [0.4, 0.5) is 26.0 Å². The number of imide groups is 1. The molecule has 4 amide bonds. The molecule has 4 saturated heterocycles. The molecular weight excluding hydrogens is 811 g/mol. The summed E-state index contributed by atoms with van der Waals surface area (Å²) in [6, 6.07) is 7.61. The number of hydrogen-bond donors (Lipinski definition) is 3. The number of rotatable bonds is 11. The van der Waals surface area contributed by atoms with Crippen LogP contribution in [0.1, 0.15) is 85.1 Å². The Bertz CT molecular complexity index is 2490. The zero-order chi connectivity index (χ0) is 41.8. The molecule has 20 heteroatoms. The van der Waals surface area contributed by atoms with Crippen molar-refractivity contribution in [2.45, 2.75) is 75.5 Å². The predicted molar refractivity (Wildman–Crippen MR) is 221 cm³/mol. The second-order valence-corrected chi connectivity index (χ2v) is 17.6. The van der Waals surface area contributed by atoms with E-state index in [2.05, 4.69) is 45.2 Å². The third-order valence-corrected chi connectivity index (χ3v) is 13.8. The van der Waals surface area contributed by atoms with E-state index < -0.39 is 23.9 Å². The monoisotopic (exact) mass is 856 g/mol. The van der Waals surface area contributed by atoms with Crippen molar-refractivity contribution in [3.63, 3.8) is 0 Å². The molecule has 10 rings (SSSR count). The summed E-state index contributed by atoms with van der Waals surface area (Å²) in [4.78, 5) is 62.4. The van der Waals surface area contributed by atoms with Crippen molar-refractivity contribution in [3.05, 3.63) is 59.8 Å². The van der Waals surface area contributed by atoms with Crippen molar-refractivity contribution in [2.75, 3.05) is 68.0 Å². The lowest BCUT2D eigenvalue weighted by Crippen LogP contribution is -2.49. The van der Waals surface area contributed by atoms with Crippen molar-refractivity contribution in [2.24, 2.45) is 5.92 Å². The van der Waals surface area contributed by atoms with E-state index in [0.29, 0.717) is 36.0 Å². The quantitative estimate of drug-likeness (QED) is 0.161. The fourth-order valence-corrected chi connectivity index (χ4v) is 10.6. The SMILES string of the molecule is O=C1CC[C@@H](c2nsc3c(NC(=O)CN4CCN(CC5CCC(n6cc(NC(=O)c7cnn8ccc(N9C[C@@H]%10C[C@H]9CO%10)nc78)c(C(F)F)n6)CC5)CC4)cccc23)C(=O)N1. The van der Waals surface area contributed by atoms with Gasteiger partial charge in [-0.05, 0) is 68.1 Å². The van der Waals surface area contributed by atoms with Crippen LogP contribution in [0.3, 0.4) is 0 Å². The number of piperazine rings is 1. The third kappa shape index (κ3) is 7.97. The Hall–Kier alpha value is -5.44. The van der Waals surface area contributed by atoms with Crippen molar-refractivity contribution in [1.82, 2.24) is 43.9 Å². The van der Waals surface area contributed by atoms with Crippen molar-refractivity contribution < 1.29 is 32.7 Å². The molecule has 1 saturated carbocycles. The number of nitrogens with zero attached hydrogens (tertiary/aromatic N) is 9. The fourth-order valence-electron chi connectivity index (χ4n) is 9.66. The molecule has 0 spiro atoms. The summed E-state index contributed by atoms with van der Waals surface area (Å²) >= 11 is 1.24. The number of carbonyl (C=O) groups is 4. The number of anilines is 3. The van der Waals surface area contributed by atoms with Gasteiger partial charge < -0.3 is 25.2 Å². The number of aromatic nitrogens is 6. The summed E-state index contributed by atoms with van der Waals surface area (Å²) in [5.74, 6) is -0.615. The second-order valence-electron chi connectivity index (χ2n) is 16.8. The number of ether oxygens (including phenoxy) is 1. The number of hydrogen-bond acceptors (Lipinski definition) is 13. The molecule has 0 radical (unpaired) electrons. The summed E-state index contributed by atoms with van der Waals surface area (Å²) in [7, 11) is 0. The second kappa shape index (κ2) is 16.4. The highest BCUT2D eigenvalue weighted by molar-refractivity contribution is 7.14. The van der Waals surface area contributed by atoms with Gasteiger partial charge in [-0.3, -0.25) is 34.1 Å². The van der Waals surface area contributed by atoms with E-state index >= 15 is 0 Å². The predicted octanol–water partition coefficient (Wildman–Crippen LogP) is 4.21. The number of fused-ring (bicyclic) bond motifs is 4. The van der Waals surface area contributed by atoms with Crippen LogP contribution in [0, 0.1) is 5.92 Å². The average molecular weight is 857 g/mol. The Morgan fingerprint density at radius 1 is 0.984 bits per heavy atom. The van der Waals surface area contributed by atoms with Gasteiger partial charge in [0.2, 0.25) is 17.7 Å². The van der Waals surface area contributed by atoms with Crippen molar-refractivity contribution in [1.29, 1.82) is 0 Å². The standard InChI is InChI=1S/C41H46F2N12O5S/c42-38(43)36-31(46-41(59)29-17-44-54-11-10-32(47-39(29)54)53-19-26-16-25(53)22-60-26)20-55(49-36)24-6-4-23(5-7-24)18-51-12-14-52(15-13-51)21-34(57)45-30-3-1-2-27-35(50-61-37(27)30)28-8-9-33(56)48-40(28)58/h1-3,10-11,17,20,23-26,28,38H,4-9,12-16,18-19,21-22H2,(H,45,57)(H,46,59)(H,48,56,58)/t23?,24?,25-,26-,28-/m0/s1. The van der Waals surface area contributed by atoms with Crippen LogP contribution in [-0.4, -0.2) is 127 Å². The lowest BCUT2D eigenvalue weighted by Gasteiger charge is -2.38. The van der Waals surface area contributed by atoms with Crippen LogP contribution < -0.4 is 20.9 Å². The number of halogens is 2. The molecule has 4 aromatic heterocycles. The van der Waals surface area contributed by atoms with Gasteiger partial charge in [0, 0.05) is 63.5 Å². The molecule has 1 aliphatic carbocycles. The summed E-state index contributed by atoms with van der Waals surface area (Å²) < 4.78 is 42.7. The fraction of sp³-hybridized carbons (Fsp3) is 0.512. The molecule has 3 atom stereocenters. The van der Waals surface area contributed by atoms with Crippen LogP contribution in [0.25, 0.3) is 15.7 Å². The Morgan fingerprint density at radius 2 is 1.80 bits per heavy atom. The van der Waals surface area contributed by atoms with E-state index in [1.165, 1.54) is 28.4 Å². The van der Waals surface area contributed by atoms with Crippen LogP contribution in [0.5, 0.6) is 0 Å². The van der Waals surface area contributed by atoms with E-state index in [4.69, 9.17) is 9.72 Å². The summed E-state index contributed by atoms with van der Waals surface area (Å²) in [5.41, 5.74) is 1.35. The van der Waals surface area contributed by atoms with E-state index in [9.17, 15) is 28.0 Å². The maximum Gasteiger partial charge on any atom is 0.284 e. The summed E-state index contributed by atoms with van der Waals surface area (Å²) in [6.07, 6.45) is 7.04. The van der Waals surface area contributed by atoms with Crippen LogP contribution in [0.15, 0.2) is 42.9 Å². The molecule has 5 aromatic rings. The van der Waals surface area contributed by atoms with Gasteiger partial charge in [0.05, 0.1) is 65.2 Å². The lowest BCUT2D eigenvalue weighted by molar-refractivity contribution is -0.134. The normalized spacial score (nSPS) is 24.9. The zero-order valence-corrected chi connectivity index (χ0v) is 34.2. The largest absolute Gasteiger partial charge is 0.374 e. The minimum Gasteiger partial charge on any atom is -0.374 e. The topological polar surface area (TPSA) is 184 Å². The average Bonchev–Trinajstić information content (AvgIpc) is 4.11. The first-order valence-corrected chi connectivity index (χ1v) is 21.8. The first-order valence-electron chi connectivity index (χ1n) is 21.0. The van der Waals surface area contributed by atoms with Gasteiger partial charge in [-0.25, -0.2) is 18.3 Å². The van der Waals surface area contributed by atoms with Gasteiger partial charge in [0.25, 0.3) is 12.3 Å². The van der Waals surface area contributed by atoms with E-state index in [0.717, 1.165) is 87.3 Å². The first-order chi connectivity index (χ1) is 29.6. The number of benzene rings is 1. The first kappa shape index (κ1) is 39.7. The molecule has 5 aliphatic rings. The minimum absolute atomic E-state index is 0.0160. The van der Waals surface area contributed by atoms with E-state index in [-0.39, 0.29) is 60.1 Å². The zero-order valence-electron chi connectivity index (χ0n) is 33.3. The van der Waals surface area contributed by atoms with Gasteiger partial charge >= 0.3 is 0 Å². The van der Waals surface area contributed by atoms with Crippen LogP contribution in [-0.2, 0) is 19.1 Å². The highest BCUT2D eigenvalue weighted by Crippen LogP contribution is 2.38. The van der Waals surface area contributed by atoms with Crippen LogP contribution in [0.2, 0.25) is 0 Å². The van der Waals surface area contributed by atoms with Crippen molar-refractivity contribution >= 4 is 68.1 Å². The molecule has 8 heterocycles. The van der Waals surface area contributed by atoms with E-state index in [1.807, 2.05) is 24.3 Å². The lowest BCUT2D eigenvalue weighted by atomic mass is 9.85. The number of piperidine rings is 1. The van der Waals surface area contributed by atoms with Gasteiger partial charge in [0.15, 0.2) is 11.3 Å².